The summed E-state index contributed by atoms with van der Waals surface area (Å²) in [4.78, 5) is 0. The van der Waals surface area contributed by atoms with Gasteiger partial charge in [-0.15, -0.1) is 0 Å². The Labute approximate surface area is 138 Å². The van der Waals surface area contributed by atoms with Crippen LogP contribution in [0.15, 0.2) is 66.0 Å². The van der Waals surface area contributed by atoms with Gasteiger partial charge in [-0.1, -0.05) is 43.3 Å². The molecular weight excluding hydrogens is 316 g/mol. The highest BCUT2D eigenvalue weighted by Gasteiger charge is 2.26. The lowest BCUT2D eigenvalue weighted by Gasteiger charge is -2.18. The van der Waals surface area contributed by atoms with Gasteiger partial charge in [0.2, 0.25) is 0 Å². The van der Waals surface area contributed by atoms with Crippen LogP contribution in [-0.4, -0.2) is 0 Å². The number of hydrogen-bond acceptors (Lipinski definition) is 0. The van der Waals surface area contributed by atoms with Crippen LogP contribution in [0.1, 0.15) is 30.4 Å². The molecule has 0 bridgehead atoms. The first-order chi connectivity index (χ1) is 11.5. The lowest BCUT2D eigenvalue weighted by atomic mass is 9.89. The fourth-order valence-electron chi connectivity index (χ4n) is 2.86. The maximum atomic E-state index is 14.4. The van der Waals surface area contributed by atoms with E-state index in [0.717, 1.165) is 18.1 Å². The summed E-state index contributed by atoms with van der Waals surface area (Å²) in [6, 6.07) is 12.3. The number of halogens is 4. The van der Waals surface area contributed by atoms with Crippen molar-refractivity contribution in [2.24, 2.45) is 0 Å². The molecular formula is C20H16F4. The summed E-state index contributed by atoms with van der Waals surface area (Å²) in [6.07, 6.45) is 1.47. The minimum Gasteiger partial charge on any atom is -0.208 e. The molecule has 1 unspecified atom stereocenters. The third-order valence-corrected chi connectivity index (χ3v) is 4.29. The molecule has 0 aromatic heterocycles. The van der Waals surface area contributed by atoms with E-state index >= 15 is 0 Å². The van der Waals surface area contributed by atoms with Gasteiger partial charge in [0.25, 0.3) is 0 Å². The second kappa shape index (κ2) is 6.63. The van der Waals surface area contributed by atoms with Crippen LogP contribution in [0, 0.1) is 5.82 Å². The Morgan fingerprint density at radius 3 is 2.17 bits per heavy atom. The quantitative estimate of drug-likeness (QED) is 0.559. The summed E-state index contributed by atoms with van der Waals surface area (Å²) in [6.45, 7) is 2.05. The van der Waals surface area contributed by atoms with E-state index in [-0.39, 0.29) is 12.0 Å². The van der Waals surface area contributed by atoms with Gasteiger partial charge in [-0.25, -0.2) is 17.6 Å². The van der Waals surface area contributed by atoms with Crippen molar-refractivity contribution in [3.05, 3.63) is 83.0 Å². The highest BCUT2D eigenvalue weighted by Crippen LogP contribution is 2.38. The first-order valence-corrected chi connectivity index (χ1v) is 7.80. The van der Waals surface area contributed by atoms with Crippen molar-refractivity contribution < 1.29 is 17.6 Å². The van der Waals surface area contributed by atoms with Crippen LogP contribution in [-0.2, 0) is 6.42 Å². The van der Waals surface area contributed by atoms with Gasteiger partial charge in [-0.3, -0.25) is 0 Å². The zero-order valence-electron chi connectivity index (χ0n) is 13.1. The molecule has 0 fully saturated rings. The molecule has 1 atom stereocenters. The van der Waals surface area contributed by atoms with Crippen LogP contribution < -0.4 is 0 Å². The molecule has 2 aromatic rings. The van der Waals surface area contributed by atoms with Crippen LogP contribution in [0.3, 0.4) is 0 Å². The van der Waals surface area contributed by atoms with E-state index in [1.165, 1.54) is 17.7 Å². The van der Waals surface area contributed by atoms with Crippen molar-refractivity contribution >= 4 is 0 Å². The van der Waals surface area contributed by atoms with Crippen LogP contribution in [0.5, 0.6) is 0 Å². The zero-order valence-corrected chi connectivity index (χ0v) is 13.1. The maximum absolute atomic E-state index is 14.4. The summed E-state index contributed by atoms with van der Waals surface area (Å²) in [7, 11) is 0. The molecule has 0 aliphatic heterocycles. The summed E-state index contributed by atoms with van der Waals surface area (Å²) in [5.41, 5.74) is 2.88. The Kier molecular flexibility index (Phi) is 4.56. The third kappa shape index (κ3) is 3.14. The van der Waals surface area contributed by atoms with Crippen LogP contribution in [0.2, 0.25) is 0 Å². The van der Waals surface area contributed by atoms with Gasteiger partial charge in [-0.2, -0.15) is 0 Å². The van der Waals surface area contributed by atoms with E-state index < -0.39 is 29.2 Å². The summed E-state index contributed by atoms with van der Waals surface area (Å²) < 4.78 is 54.3. The van der Waals surface area contributed by atoms with E-state index in [0.29, 0.717) is 5.56 Å². The molecule has 0 radical (unpaired) electrons. The normalized spacial score (nSPS) is 17.9. The Morgan fingerprint density at radius 2 is 1.58 bits per heavy atom. The molecule has 4 heteroatoms. The minimum atomic E-state index is -1.49. The fraction of sp³-hybridized carbons (Fsp3) is 0.200. The summed E-state index contributed by atoms with van der Waals surface area (Å²) in [5, 5.41) is 0. The zero-order chi connectivity index (χ0) is 17.3. The highest BCUT2D eigenvalue weighted by molar-refractivity contribution is 5.64. The Bertz CT molecular complexity index is 816. The molecule has 1 aliphatic carbocycles. The van der Waals surface area contributed by atoms with Gasteiger partial charge in [0.15, 0.2) is 11.7 Å². The molecule has 1 aliphatic rings. The third-order valence-electron chi connectivity index (χ3n) is 4.29. The second-order valence-electron chi connectivity index (χ2n) is 5.83. The summed E-state index contributed by atoms with van der Waals surface area (Å²) >= 11 is 0. The van der Waals surface area contributed by atoms with Gasteiger partial charge in [0.1, 0.15) is 11.6 Å². The Morgan fingerprint density at radius 1 is 0.917 bits per heavy atom. The van der Waals surface area contributed by atoms with E-state index in [1.54, 1.807) is 6.07 Å². The number of aryl methyl sites for hydroxylation is 1. The van der Waals surface area contributed by atoms with Crippen LogP contribution in [0.25, 0.3) is 11.1 Å². The molecule has 0 nitrogen and oxygen atoms in total. The lowest BCUT2D eigenvalue weighted by molar-refractivity contribution is 0.445. The Hall–Kier alpha value is -2.36. The second-order valence-corrected chi connectivity index (χ2v) is 5.83. The molecule has 124 valence electrons. The molecule has 24 heavy (non-hydrogen) atoms. The lowest BCUT2D eigenvalue weighted by Crippen LogP contribution is -2.05. The van der Waals surface area contributed by atoms with Crippen LogP contribution >= 0.6 is 0 Å². The molecule has 0 spiro atoms. The first-order valence-electron chi connectivity index (χ1n) is 7.80. The molecule has 0 heterocycles. The van der Waals surface area contributed by atoms with Gasteiger partial charge in [-0.05, 0) is 40.8 Å². The van der Waals surface area contributed by atoms with Crippen LogP contribution in [0.4, 0.5) is 17.6 Å². The van der Waals surface area contributed by atoms with Gasteiger partial charge >= 0.3 is 0 Å². The molecule has 0 saturated carbocycles. The molecule has 0 N–H and O–H groups in total. The van der Waals surface area contributed by atoms with Gasteiger partial charge < -0.3 is 0 Å². The fourth-order valence-corrected chi connectivity index (χ4v) is 2.86. The molecule has 0 saturated heterocycles. The Balaban J connectivity index is 1.90. The molecule has 0 amide bonds. The predicted octanol–water partition coefficient (Wildman–Crippen LogP) is 6.55. The number of benzene rings is 2. The minimum absolute atomic E-state index is 0.154. The average molecular weight is 332 g/mol. The van der Waals surface area contributed by atoms with Crippen molar-refractivity contribution in [1.29, 1.82) is 0 Å². The smallest absolute Gasteiger partial charge is 0.189 e. The van der Waals surface area contributed by atoms with E-state index in [2.05, 4.69) is 6.92 Å². The number of rotatable bonds is 3. The SMILES string of the molecule is CCc1ccc(-c2ccc(C3C=C(F)C(F)=C(F)C3)c(F)c2)cc1. The van der Waals surface area contributed by atoms with Gasteiger partial charge in [0, 0.05) is 12.3 Å². The van der Waals surface area contributed by atoms with Crippen molar-refractivity contribution in [3.8, 4) is 11.1 Å². The standard InChI is InChI=1S/C20H16F4/c1-2-12-3-5-13(6-4-12)14-7-8-16(17(21)9-14)15-10-18(22)20(24)19(23)11-15/h3-10,15H,2,11H2,1H3. The molecule has 3 rings (SSSR count). The van der Waals surface area contributed by atoms with E-state index in [1.807, 2.05) is 24.3 Å². The van der Waals surface area contributed by atoms with E-state index in [9.17, 15) is 17.6 Å². The monoisotopic (exact) mass is 332 g/mol. The first kappa shape index (κ1) is 16.5. The average Bonchev–Trinajstić information content (AvgIpc) is 2.59. The topological polar surface area (TPSA) is 0 Å². The van der Waals surface area contributed by atoms with E-state index in [4.69, 9.17) is 0 Å². The van der Waals surface area contributed by atoms with Crippen molar-refractivity contribution in [2.45, 2.75) is 25.7 Å². The molecule has 2 aromatic carbocycles. The van der Waals surface area contributed by atoms with Crippen molar-refractivity contribution in [1.82, 2.24) is 0 Å². The largest absolute Gasteiger partial charge is 0.208 e. The van der Waals surface area contributed by atoms with Gasteiger partial charge in [0.05, 0.1) is 0 Å². The van der Waals surface area contributed by atoms with Crippen molar-refractivity contribution in [2.75, 3.05) is 0 Å². The maximum Gasteiger partial charge on any atom is 0.189 e. The highest BCUT2D eigenvalue weighted by atomic mass is 19.2. The predicted molar refractivity (Wildman–Crippen MR) is 87.0 cm³/mol. The number of allylic oxidation sites excluding steroid dienone is 4. The summed E-state index contributed by atoms with van der Waals surface area (Å²) in [5.74, 6) is -5.35. The number of hydrogen-bond donors (Lipinski definition) is 0. The van der Waals surface area contributed by atoms with Crippen molar-refractivity contribution in [3.63, 3.8) is 0 Å².